The summed E-state index contributed by atoms with van der Waals surface area (Å²) < 4.78 is 0. The SMILES string of the molecule is CC(C)c1ccc(NC(=O)C(=O)Nc2nc3c(s2)CN(C)CC3)cc1. The summed E-state index contributed by atoms with van der Waals surface area (Å²) in [4.78, 5) is 32.0. The van der Waals surface area contributed by atoms with Gasteiger partial charge in [-0.15, -0.1) is 11.3 Å². The lowest BCUT2D eigenvalue weighted by atomic mass is 10.0. The molecule has 132 valence electrons. The van der Waals surface area contributed by atoms with Crippen molar-refractivity contribution >= 4 is 34.0 Å². The van der Waals surface area contributed by atoms with E-state index < -0.39 is 11.8 Å². The molecule has 0 spiro atoms. The maximum Gasteiger partial charge on any atom is 0.315 e. The molecule has 2 aromatic rings. The van der Waals surface area contributed by atoms with Crippen molar-refractivity contribution in [3.63, 3.8) is 0 Å². The van der Waals surface area contributed by atoms with Crippen LogP contribution in [0.5, 0.6) is 0 Å². The predicted molar refractivity (Wildman–Crippen MR) is 99.9 cm³/mol. The summed E-state index contributed by atoms with van der Waals surface area (Å²) in [5.74, 6) is -0.974. The van der Waals surface area contributed by atoms with Crippen LogP contribution in [0.2, 0.25) is 0 Å². The van der Waals surface area contributed by atoms with E-state index in [0.717, 1.165) is 30.1 Å². The largest absolute Gasteiger partial charge is 0.318 e. The number of aromatic nitrogens is 1. The zero-order valence-electron chi connectivity index (χ0n) is 14.6. The molecular weight excluding hydrogens is 336 g/mol. The second-order valence-electron chi connectivity index (χ2n) is 6.56. The van der Waals surface area contributed by atoms with E-state index in [2.05, 4.69) is 41.4 Å². The molecule has 25 heavy (non-hydrogen) atoms. The Balaban J connectivity index is 1.60. The van der Waals surface area contributed by atoms with Crippen molar-refractivity contribution in [2.75, 3.05) is 24.2 Å². The number of nitrogens with one attached hydrogen (secondary N) is 2. The Morgan fingerprint density at radius 3 is 2.52 bits per heavy atom. The highest BCUT2D eigenvalue weighted by Crippen LogP contribution is 2.27. The molecule has 2 N–H and O–H groups in total. The van der Waals surface area contributed by atoms with Crippen molar-refractivity contribution in [3.05, 3.63) is 40.4 Å². The summed E-state index contributed by atoms with van der Waals surface area (Å²) >= 11 is 1.43. The molecule has 1 aliphatic heterocycles. The molecule has 1 aromatic carbocycles. The second kappa shape index (κ2) is 7.33. The van der Waals surface area contributed by atoms with Crippen LogP contribution in [-0.2, 0) is 22.6 Å². The van der Waals surface area contributed by atoms with E-state index in [4.69, 9.17) is 0 Å². The van der Waals surface area contributed by atoms with Crippen LogP contribution in [0.1, 0.15) is 35.9 Å². The highest BCUT2D eigenvalue weighted by molar-refractivity contribution is 7.16. The van der Waals surface area contributed by atoms with Crippen LogP contribution in [-0.4, -0.2) is 35.3 Å². The fourth-order valence-electron chi connectivity index (χ4n) is 2.67. The topological polar surface area (TPSA) is 74.3 Å². The average molecular weight is 358 g/mol. The van der Waals surface area contributed by atoms with E-state index in [1.54, 1.807) is 12.1 Å². The van der Waals surface area contributed by atoms with Gasteiger partial charge in [0.15, 0.2) is 5.13 Å². The zero-order chi connectivity index (χ0) is 18.0. The molecule has 0 saturated heterocycles. The van der Waals surface area contributed by atoms with Gasteiger partial charge in [-0.25, -0.2) is 4.98 Å². The third-order valence-electron chi connectivity index (χ3n) is 4.18. The summed E-state index contributed by atoms with van der Waals surface area (Å²) in [6.07, 6.45) is 0.868. The van der Waals surface area contributed by atoms with Crippen LogP contribution in [0.4, 0.5) is 10.8 Å². The summed E-state index contributed by atoms with van der Waals surface area (Å²) in [5, 5.41) is 5.70. The minimum absolute atomic E-state index is 0.419. The van der Waals surface area contributed by atoms with Crippen LogP contribution in [0, 0.1) is 0 Å². The number of amides is 2. The van der Waals surface area contributed by atoms with Crippen LogP contribution < -0.4 is 10.6 Å². The van der Waals surface area contributed by atoms with Gasteiger partial charge < -0.3 is 10.2 Å². The lowest BCUT2D eigenvalue weighted by Gasteiger charge is -2.20. The zero-order valence-corrected chi connectivity index (χ0v) is 15.4. The monoisotopic (exact) mass is 358 g/mol. The molecule has 7 heteroatoms. The molecule has 1 aromatic heterocycles. The van der Waals surface area contributed by atoms with Gasteiger partial charge in [0.2, 0.25) is 0 Å². The van der Waals surface area contributed by atoms with Crippen molar-refractivity contribution in [3.8, 4) is 0 Å². The normalized spacial score (nSPS) is 14.2. The standard InChI is InChI=1S/C18H22N4O2S/c1-11(2)12-4-6-13(7-5-12)19-16(23)17(24)21-18-20-14-8-9-22(3)10-15(14)25-18/h4-7,11H,8-10H2,1-3H3,(H,19,23)(H,20,21,24). The molecule has 0 unspecified atom stereocenters. The third kappa shape index (κ3) is 4.24. The van der Waals surface area contributed by atoms with Gasteiger partial charge in [-0.05, 0) is 30.7 Å². The van der Waals surface area contributed by atoms with E-state index in [9.17, 15) is 9.59 Å². The molecule has 0 aliphatic carbocycles. The number of likely N-dealkylation sites (N-methyl/N-ethyl adjacent to an activating group) is 1. The number of carbonyl (C=O) groups excluding carboxylic acids is 2. The number of nitrogens with zero attached hydrogens (tertiary/aromatic N) is 2. The minimum Gasteiger partial charge on any atom is -0.318 e. The van der Waals surface area contributed by atoms with E-state index >= 15 is 0 Å². The van der Waals surface area contributed by atoms with Crippen LogP contribution in [0.25, 0.3) is 0 Å². The highest BCUT2D eigenvalue weighted by atomic mass is 32.1. The molecule has 3 rings (SSSR count). The van der Waals surface area contributed by atoms with Gasteiger partial charge in [-0.1, -0.05) is 26.0 Å². The first-order valence-electron chi connectivity index (χ1n) is 8.32. The molecule has 1 aliphatic rings. The predicted octanol–water partition coefficient (Wildman–Crippen LogP) is 2.83. The number of rotatable bonds is 3. The van der Waals surface area contributed by atoms with Gasteiger partial charge in [-0.3, -0.25) is 14.9 Å². The van der Waals surface area contributed by atoms with Crippen LogP contribution in [0.15, 0.2) is 24.3 Å². The first-order chi connectivity index (χ1) is 11.9. The molecule has 0 saturated carbocycles. The quantitative estimate of drug-likeness (QED) is 0.828. The first kappa shape index (κ1) is 17.6. The van der Waals surface area contributed by atoms with Gasteiger partial charge in [0.05, 0.1) is 5.69 Å². The summed E-state index contributed by atoms with van der Waals surface area (Å²) in [6, 6.07) is 7.50. The number of hydrogen-bond acceptors (Lipinski definition) is 5. The Bertz CT molecular complexity index is 783. The van der Waals surface area contributed by atoms with Crippen LogP contribution >= 0.6 is 11.3 Å². The molecule has 2 amide bonds. The lowest BCUT2D eigenvalue weighted by molar-refractivity contribution is -0.132. The third-order valence-corrected chi connectivity index (χ3v) is 5.18. The smallest absolute Gasteiger partial charge is 0.315 e. The molecular formula is C18H22N4O2S. The van der Waals surface area contributed by atoms with Gasteiger partial charge in [0, 0.05) is 30.1 Å². The molecule has 0 radical (unpaired) electrons. The van der Waals surface area contributed by atoms with E-state index in [1.807, 2.05) is 12.1 Å². The Morgan fingerprint density at radius 2 is 1.84 bits per heavy atom. The highest BCUT2D eigenvalue weighted by Gasteiger charge is 2.21. The van der Waals surface area contributed by atoms with E-state index in [0.29, 0.717) is 16.7 Å². The van der Waals surface area contributed by atoms with Gasteiger partial charge >= 0.3 is 11.8 Å². The number of benzene rings is 1. The molecule has 6 nitrogen and oxygen atoms in total. The first-order valence-corrected chi connectivity index (χ1v) is 9.13. The second-order valence-corrected chi connectivity index (χ2v) is 7.65. The number of thiazole rings is 1. The van der Waals surface area contributed by atoms with Crippen molar-refractivity contribution < 1.29 is 9.59 Å². The summed E-state index contributed by atoms with van der Waals surface area (Å²) in [5.41, 5.74) is 2.80. The van der Waals surface area contributed by atoms with Gasteiger partial charge in [0.25, 0.3) is 0 Å². The van der Waals surface area contributed by atoms with Crippen molar-refractivity contribution in [2.45, 2.75) is 32.7 Å². The number of carbonyl (C=O) groups is 2. The average Bonchev–Trinajstić information content (AvgIpc) is 2.96. The van der Waals surface area contributed by atoms with Gasteiger partial charge in [0.1, 0.15) is 0 Å². The van der Waals surface area contributed by atoms with Gasteiger partial charge in [-0.2, -0.15) is 0 Å². The van der Waals surface area contributed by atoms with Crippen molar-refractivity contribution in [1.29, 1.82) is 0 Å². The molecule has 0 fully saturated rings. The summed E-state index contributed by atoms with van der Waals surface area (Å²) in [7, 11) is 2.05. The Labute approximate surface area is 151 Å². The lowest BCUT2D eigenvalue weighted by Crippen LogP contribution is -2.29. The Morgan fingerprint density at radius 1 is 1.16 bits per heavy atom. The minimum atomic E-state index is -0.701. The maximum atomic E-state index is 12.1. The Kier molecular flexibility index (Phi) is 5.15. The Hall–Kier alpha value is -2.25. The van der Waals surface area contributed by atoms with E-state index in [1.165, 1.54) is 16.9 Å². The molecule has 0 atom stereocenters. The number of fused-ring (bicyclic) bond motifs is 1. The van der Waals surface area contributed by atoms with Crippen molar-refractivity contribution in [1.82, 2.24) is 9.88 Å². The van der Waals surface area contributed by atoms with Crippen LogP contribution in [0.3, 0.4) is 0 Å². The number of anilines is 2. The summed E-state index contributed by atoms with van der Waals surface area (Å²) in [6.45, 7) is 5.99. The number of hydrogen-bond donors (Lipinski definition) is 2. The molecule has 0 bridgehead atoms. The molecule has 2 heterocycles. The fraction of sp³-hybridized carbons (Fsp3) is 0.389. The van der Waals surface area contributed by atoms with E-state index in [-0.39, 0.29) is 0 Å². The fourth-order valence-corrected chi connectivity index (χ4v) is 3.75. The van der Waals surface area contributed by atoms with Crippen molar-refractivity contribution in [2.24, 2.45) is 0 Å². The maximum absolute atomic E-state index is 12.1.